The highest BCUT2D eigenvalue weighted by molar-refractivity contribution is 5.98. The topological polar surface area (TPSA) is 75.0 Å². The van der Waals surface area contributed by atoms with E-state index in [4.69, 9.17) is 5.73 Å². The van der Waals surface area contributed by atoms with E-state index in [1.165, 1.54) is 6.42 Å². The number of nitrogen functional groups attached to an aromatic ring is 1. The van der Waals surface area contributed by atoms with Gasteiger partial charge in [-0.1, -0.05) is 6.92 Å². The second-order valence-corrected chi connectivity index (χ2v) is 5.16. The van der Waals surface area contributed by atoms with Gasteiger partial charge in [-0.05, 0) is 39.5 Å². The van der Waals surface area contributed by atoms with Gasteiger partial charge in [0.1, 0.15) is 0 Å². The molecule has 2 unspecified atom stereocenters. The van der Waals surface area contributed by atoms with Gasteiger partial charge >= 0.3 is 0 Å². The standard InChI is InChI=1S/C13H22N4O/c1-4-10-11(14)12(16-15-10)13(18)17-8(2)6-5-7-9(17)3/h8-9H,4-7,14H2,1-3H3,(H,15,16). The third-order valence-electron chi connectivity index (χ3n) is 3.87. The molecule has 5 nitrogen and oxygen atoms in total. The molecule has 18 heavy (non-hydrogen) atoms. The maximum Gasteiger partial charge on any atom is 0.276 e. The van der Waals surface area contributed by atoms with E-state index in [0.717, 1.165) is 25.0 Å². The third kappa shape index (κ3) is 2.09. The number of carbonyl (C=O) groups excluding carboxylic acids is 1. The minimum Gasteiger partial charge on any atom is -0.395 e. The molecule has 1 aromatic rings. The number of aromatic amines is 1. The van der Waals surface area contributed by atoms with E-state index in [1.807, 2.05) is 11.8 Å². The number of aryl methyl sites for hydroxylation is 1. The summed E-state index contributed by atoms with van der Waals surface area (Å²) in [5.74, 6) is -0.0387. The zero-order valence-corrected chi connectivity index (χ0v) is 11.4. The maximum absolute atomic E-state index is 12.5. The second-order valence-electron chi connectivity index (χ2n) is 5.16. The van der Waals surface area contributed by atoms with Crippen LogP contribution >= 0.6 is 0 Å². The van der Waals surface area contributed by atoms with Crippen LogP contribution in [-0.2, 0) is 6.42 Å². The van der Waals surface area contributed by atoms with Crippen LogP contribution in [0.25, 0.3) is 0 Å². The second kappa shape index (κ2) is 5.00. The van der Waals surface area contributed by atoms with Crippen LogP contribution in [0.3, 0.4) is 0 Å². The summed E-state index contributed by atoms with van der Waals surface area (Å²) in [6, 6.07) is 0.532. The summed E-state index contributed by atoms with van der Waals surface area (Å²) in [7, 11) is 0. The SMILES string of the molecule is CCc1[nH]nc(C(=O)N2C(C)CCCC2C)c1N. The molecule has 1 fully saturated rings. The fraction of sp³-hybridized carbons (Fsp3) is 0.692. The molecule has 0 radical (unpaired) electrons. The molecule has 0 bridgehead atoms. The first-order valence-corrected chi connectivity index (χ1v) is 6.71. The highest BCUT2D eigenvalue weighted by Crippen LogP contribution is 2.26. The summed E-state index contributed by atoms with van der Waals surface area (Å²) in [5, 5.41) is 6.94. The van der Waals surface area contributed by atoms with Crippen molar-refractivity contribution in [1.82, 2.24) is 15.1 Å². The zero-order chi connectivity index (χ0) is 13.3. The van der Waals surface area contributed by atoms with Gasteiger partial charge in [0.2, 0.25) is 0 Å². The van der Waals surface area contributed by atoms with Gasteiger partial charge in [0.15, 0.2) is 5.69 Å². The molecule has 0 aliphatic carbocycles. The van der Waals surface area contributed by atoms with Crippen LogP contribution in [0.15, 0.2) is 0 Å². The maximum atomic E-state index is 12.5. The summed E-state index contributed by atoms with van der Waals surface area (Å²) in [6.45, 7) is 6.18. The smallest absolute Gasteiger partial charge is 0.276 e. The molecule has 1 aliphatic heterocycles. The van der Waals surface area contributed by atoms with Gasteiger partial charge in [-0.25, -0.2) is 0 Å². The summed E-state index contributed by atoms with van der Waals surface area (Å²) in [6.07, 6.45) is 4.06. The van der Waals surface area contributed by atoms with Crippen LogP contribution < -0.4 is 5.73 Å². The van der Waals surface area contributed by atoms with E-state index >= 15 is 0 Å². The van der Waals surface area contributed by atoms with Crippen molar-refractivity contribution in [3.63, 3.8) is 0 Å². The van der Waals surface area contributed by atoms with Gasteiger partial charge < -0.3 is 10.6 Å². The molecule has 0 aromatic carbocycles. The van der Waals surface area contributed by atoms with E-state index in [-0.39, 0.29) is 18.0 Å². The predicted molar refractivity (Wildman–Crippen MR) is 71.3 cm³/mol. The Morgan fingerprint density at radius 3 is 2.56 bits per heavy atom. The lowest BCUT2D eigenvalue weighted by atomic mass is 9.97. The van der Waals surface area contributed by atoms with Crippen molar-refractivity contribution >= 4 is 11.6 Å². The predicted octanol–water partition coefficient (Wildman–Crippen LogP) is 1.96. The molecule has 0 saturated carbocycles. The van der Waals surface area contributed by atoms with Gasteiger partial charge in [-0.2, -0.15) is 5.10 Å². The van der Waals surface area contributed by atoms with Gasteiger partial charge in [-0.15, -0.1) is 0 Å². The Labute approximate surface area is 108 Å². The van der Waals surface area contributed by atoms with Crippen molar-refractivity contribution in [3.05, 3.63) is 11.4 Å². The first-order valence-electron chi connectivity index (χ1n) is 6.71. The number of nitrogens with zero attached hydrogens (tertiary/aromatic N) is 2. The molecule has 2 rings (SSSR count). The van der Waals surface area contributed by atoms with Crippen molar-refractivity contribution in [3.8, 4) is 0 Å². The van der Waals surface area contributed by atoms with Crippen LogP contribution in [0, 0.1) is 0 Å². The number of carbonyl (C=O) groups is 1. The largest absolute Gasteiger partial charge is 0.395 e. The monoisotopic (exact) mass is 250 g/mol. The van der Waals surface area contributed by atoms with Crippen molar-refractivity contribution in [1.29, 1.82) is 0 Å². The Morgan fingerprint density at radius 2 is 2.06 bits per heavy atom. The van der Waals surface area contributed by atoms with Crippen LogP contribution in [0.1, 0.15) is 56.2 Å². The van der Waals surface area contributed by atoms with Crippen molar-refractivity contribution < 1.29 is 4.79 Å². The minimum absolute atomic E-state index is 0.0387. The molecule has 2 atom stereocenters. The van der Waals surface area contributed by atoms with E-state index in [9.17, 15) is 4.79 Å². The van der Waals surface area contributed by atoms with Crippen LogP contribution in [0.4, 0.5) is 5.69 Å². The number of likely N-dealkylation sites (tertiary alicyclic amines) is 1. The molecule has 3 N–H and O–H groups in total. The molecular formula is C13H22N4O. The Balaban J connectivity index is 2.26. The number of rotatable bonds is 2. The van der Waals surface area contributed by atoms with Gasteiger partial charge in [-0.3, -0.25) is 9.89 Å². The van der Waals surface area contributed by atoms with E-state index in [2.05, 4.69) is 24.0 Å². The van der Waals surface area contributed by atoms with E-state index in [0.29, 0.717) is 11.4 Å². The number of amides is 1. The van der Waals surface area contributed by atoms with Crippen molar-refractivity contribution in [2.75, 3.05) is 5.73 Å². The molecule has 0 spiro atoms. The Bertz CT molecular complexity index is 430. The molecule has 5 heteroatoms. The molecule has 100 valence electrons. The zero-order valence-electron chi connectivity index (χ0n) is 11.4. The Morgan fingerprint density at radius 1 is 1.44 bits per heavy atom. The lowest BCUT2D eigenvalue weighted by molar-refractivity contribution is 0.0505. The van der Waals surface area contributed by atoms with Crippen LogP contribution in [0.2, 0.25) is 0 Å². The highest BCUT2D eigenvalue weighted by atomic mass is 16.2. The number of hydrogen-bond donors (Lipinski definition) is 2. The number of nitrogens with one attached hydrogen (secondary N) is 1. The third-order valence-corrected chi connectivity index (χ3v) is 3.87. The first kappa shape index (κ1) is 12.9. The number of anilines is 1. The average Bonchev–Trinajstić information content (AvgIpc) is 2.70. The van der Waals surface area contributed by atoms with E-state index in [1.54, 1.807) is 0 Å². The lowest BCUT2D eigenvalue weighted by Gasteiger charge is -2.38. The first-order chi connectivity index (χ1) is 8.56. The number of piperidine rings is 1. The number of nitrogens with two attached hydrogens (primary N) is 1. The molecule has 1 amide bonds. The van der Waals surface area contributed by atoms with Crippen molar-refractivity contribution in [2.24, 2.45) is 0 Å². The summed E-state index contributed by atoms with van der Waals surface area (Å²) < 4.78 is 0. The number of aromatic nitrogens is 2. The molecular weight excluding hydrogens is 228 g/mol. The number of H-pyrrole nitrogens is 1. The fourth-order valence-corrected chi connectivity index (χ4v) is 2.76. The summed E-state index contributed by atoms with van der Waals surface area (Å²) in [4.78, 5) is 14.5. The normalized spacial score (nSPS) is 24.3. The van der Waals surface area contributed by atoms with E-state index < -0.39 is 0 Å². The number of hydrogen-bond acceptors (Lipinski definition) is 3. The quantitative estimate of drug-likeness (QED) is 0.842. The Kier molecular flexibility index (Phi) is 3.59. The van der Waals surface area contributed by atoms with Gasteiger partial charge in [0, 0.05) is 12.1 Å². The van der Waals surface area contributed by atoms with Gasteiger partial charge in [0.05, 0.1) is 11.4 Å². The van der Waals surface area contributed by atoms with Crippen LogP contribution in [-0.4, -0.2) is 33.1 Å². The fourth-order valence-electron chi connectivity index (χ4n) is 2.76. The Hall–Kier alpha value is -1.52. The molecule has 1 saturated heterocycles. The molecule has 2 heterocycles. The summed E-state index contributed by atoms with van der Waals surface area (Å²) >= 11 is 0. The molecule has 1 aromatic heterocycles. The van der Waals surface area contributed by atoms with Gasteiger partial charge in [0.25, 0.3) is 5.91 Å². The van der Waals surface area contributed by atoms with Crippen LogP contribution in [0.5, 0.6) is 0 Å². The van der Waals surface area contributed by atoms with Crippen molar-refractivity contribution in [2.45, 2.75) is 58.5 Å². The lowest BCUT2D eigenvalue weighted by Crippen LogP contribution is -2.47. The minimum atomic E-state index is -0.0387. The highest BCUT2D eigenvalue weighted by Gasteiger charge is 2.32. The average molecular weight is 250 g/mol. The molecule has 1 aliphatic rings. The summed E-state index contributed by atoms with van der Waals surface area (Å²) in [5.41, 5.74) is 7.70.